The molecule has 6 nitrogen and oxygen atoms in total. The number of morpholine rings is 1. The molecule has 0 saturated carbocycles. The summed E-state index contributed by atoms with van der Waals surface area (Å²) >= 11 is 0. The second-order valence-corrected chi connectivity index (χ2v) is 7.77. The molecule has 1 aliphatic heterocycles. The van der Waals surface area contributed by atoms with Gasteiger partial charge < -0.3 is 9.64 Å². The minimum absolute atomic E-state index is 0.0550. The van der Waals surface area contributed by atoms with E-state index in [9.17, 15) is 4.39 Å². The molecule has 156 valence electrons. The SMILES string of the molecule is CN(C)c1ncc(CN2CCO[C@H](c3ccc(Cc4ccc(F)cc4)cn3)C2)cn1. The molecule has 30 heavy (non-hydrogen) atoms. The van der Waals surface area contributed by atoms with Crippen LogP contribution in [-0.4, -0.2) is 53.6 Å². The van der Waals surface area contributed by atoms with Gasteiger partial charge in [0.05, 0.1) is 12.3 Å². The monoisotopic (exact) mass is 407 g/mol. The predicted molar refractivity (Wildman–Crippen MR) is 114 cm³/mol. The zero-order valence-electron chi connectivity index (χ0n) is 17.3. The van der Waals surface area contributed by atoms with E-state index in [1.807, 2.05) is 43.7 Å². The van der Waals surface area contributed by atoms with Crippen LogP contribution in [0.4, 0.5) is 10.3 Å². The third-order valence-corrected chi connectivity index (χ3v) is 5.15. The summed E-state index contributed by atoms with van der Waals surface area (Å²) in [5.41, 5.74) is 4.18. The highest BCUT2D eigenvalue weighted by Crippen LogP contribution is 2.22. The molecule has 4 rings (SSSR count). The molecule has 1 aromatic carbocycles. The summed E-state index contributed by atoms with van der Waals surface area (Å²) in [7, 11) is 3.86. The zero-order valence-corrected chi connectivity index (χ0v) is 17.3. The van der Waals surface area contributed by atoms with Gasteiger partial charge in [-0.1, -0.05) is 18.2 Å². The van der Waals surface area contributed by atoms with Crippen LogP contribution < -0.4 is 4.90 Å². The highest BCUT2D eigenvalue weighted by molar-refractivity contribution is 5.27. The summed E-state index contributed by atoms with van der Waals surface area (Å²) in [5.74, 6) is 0.495. The molecule has 1 aliphatic rings. The van der Waals surface area contributed by atoms with Crippen LogP contribution in [-0.2, 0) is 17.7 Å². The van der Waals surface area contributed by atoms with Gasteiger partial charge in [-0.3, -0.25) is 9.88 Å². The number of rotatable bonds is 6. The smallest absolute Gasteiger partial charge is 0.224 e. The van der Waals surface area contributed by atoms with E-state index in [0.29, 0.717) is 12.6 Å². The van der Waals surface area contributed by atoms with Crippen molar-refractivity contribution in [2.75, 3.05) is 38.7 Å². The first-order chi connectivity index (χ1) is 14.6. The average Bonchev–Trinajstić information content (AvgIpc) is 2.76. The van der Waals surface area contributed by atoms with Gasteiger partial charge in [0.25, 0.3) is 0 Å². The fraction of sp³-hybridized carbons (Fsp3) is 0.348. The van der Waals surface area contributed by atoms with Crippen molar-refractivity contribution in [3.63, 3.8) is 0 Å². The first-order valence-corrected chi connectivity index (χ1v) is 10.1. The Morgan fingerprint density at radius 2 is 1.67 bits per heavy atom. The molecular formula is C23H26FN5O. The Kier molecular flexibility index (Phi) is 6.30. The van der Waals surface area contributed by atoms with Gasteiger partial charge in [-0.15, -0.1) is 0 Å². The molecule has 2 aromatic heterocycles. The summed E-state index contributed by atoms with van der Waals surface area (Å²) in [6, 6.07) is 10.7. The number of nitrogens with zero attached hydrogens (tertiary/aromatic N) is 5. The lowest BCUT2D eigenvalue weighted by Gasteiger charge is -2.32. The van der Waals surface area contributed by atoms with Crippen LogP contribution in [0.3, 0.4) is 0 Å². The van der Waals surface area contributed by atoms with Crippen LogP contribution in [0.2, 0.25) is 0 Å². The number of ether oxygens (including phenoxy) is 1. The highest BCUT2D eigenvalue weighted by atomic mass is 19.1. The van der Waals surface area contributed by atoms with Crippen LogP contribution in [0.25, 0.3) is 0 Å². The number of benzene rings is 1. The van der Waals surface area contributed by atoms with Gasteiger partial charge in [0.1, 0.15) is 11.9 Å². The van der Waals surface area contributed by atoms with Crippen molar-refractivity contribution in [1.82, 2.24) is 19.9 Å². The second-order valence-electron chi connectivity index (χ2n) is 7.77. The minimum atomic E-state index is -0.216. The van der Waals surface area contributed by atoms with Gasteiger partial charge in [-0.05, 0) is 35.7 Å². The maximum atomic E-state index is 13.1. The number of aromatic nitrogens is 3. The first-order valence-electron chi connectivity index (χ1n) is 10.1. The lowest BCUT2D eigenvalue weighted by Crippen LogP contribution is -2.38. The molecule has 1 saturated heterocycles. The normalized spacial score (nSPS) is 17.1. The van der Waals surface area contributed by atoms with Crippen LogP contribution in [0, 0.1) is 5.82 Å². The molecule has 0 aliphatic carbocycles. The van der Waals surface area contributed by atoms with Crippen molar-refractivity contribution >= 4 is 5.95 Å². The predicted octanol–water partition coefficient (Wildman–Crippen LogP) is 3.24. The van der Waals surface area contributed by atoms with Gasteiger partial charge in [0.2, 0.25) is 5.95 Å². The third-order valence-electron chi connectivity index (χ3n) is 5.15. The molecule has 0 N–H and O–H groups in total. The Morgan fingerprint density at radius 3 is 2.33 bits per heavy atom. The van der Waals surface area contributed by atoms with Crippen molar-refractivity contribution < 1.29 is 9.13 Å². The number of hydrogen-bond donors (Lipinski definition) is 0. The van der Waals surface area contributed by atoms with Crippen LogP contribution >= 0.6 is 0 Å². The van der Waals surface area contributed by atoms with Crippen LogP contribution in [0.5, 0.6) is 0 Å². The second kappa shape index (κ2) is 9.28. The van der Waals surface area contributed by atoms with Gasteiger partial charge in [-0.2, -0.15) is 0 Å². The maximum Gasteiger partial charge on any atom is 0.224 e. The van der Waals surface area contributed by atoms with Crippen molar-refractivity contribution in [1.29, 1.82) is 0 Å². The summed E-state index contributed by atoms with van der Waals surface area (Å²) in [6.45, 7) is 3.10. The van der Waals surface area contributed by atoms with E-state index in [1.54, 1.807) is 12.1 Å². The lowest BCUT2D eigenvalue weighted by atomic mass is 10.1. The van der Waals surface area contributed by atoms with E-state index in [0.717, 1.165) is 48.4 Å². The van der Waals surface area contributed by atoms with E-state index in [1.165, 1.54) is 12.1 Å². The van der Waals surface area contributed by atoms with Crippen molar-refractivity contribution in [2.45, 2.75) is 19.1 Å². The standard InChI is InChI=1S/C23H26FN5O/c1-28(2)23-26-13-19(14-27-23)15-29-9-10-30-22(16-29)21-8-5-18(12-25-21)11-17-3-6-20(24)7-4-17/h3-8,12-14,22H,9-11,15-16H2,1-2H3/t22-/m0/s1. The topological polar surface area (TPSA) is 54.4 Å². The van der Waals surface area contributed by atoms with E-state index in [2.05, 4.69) is 25.9 Å². The highest BCUT2D eigenvalue weighted by Gasteiger charge is 2.23. The maximum absolute atomic E-state index is 13.1. The van der Waals surface area contributed by atoms with Gasteiger partial charge in [-0.25, -0.2) is 14.4 Å². The Hall–Kier alpha value is -2.90. The molecule has 7 heteroatoms. The molecule has 3 heterocycles. The van der Waals surface area contributed by atoms with Gasteiger partial charge in [0, 0.05) is 57.9 Å². The molecule has 0 bridgehead atoms. The lowest BCUT2D eigenvalue weighted by molar-refractivity contribution is -0.0350. The fourth-order valence-corrected chi connectivity index (χ4v) is 3.51. The zero-order chi connectivity index (χ0) is 20.9. The van der Waals surface area contributed by atoms with Crippen molar-refractivity contribution in [3.05, 3.63) is 83.2 Å². The van der Waals surface area contributed by atoms with Gasteiger partial charge >= 0.3 is 0 Å². The van der Waals surface area contributed by atoms with Crippen molar-refractivity contribution in [2.24, 2.45) is 0 Å². The molecule has 0 amide bonds. The summed E-state index contributed by atoms with van der Waals surface area (Å²) in [4.78, 5) is 17.7. The van der Waals surface area contributed by atoms with E-state index in [-0.39, 0.29) is 11.9 Å². The number of halogens is 1. The van der Waals surface area contributed by atoms with E-state index in [4.69, 9.17) is 4.74 Å². The molecule has 1 atom stereocenters. The quantitative estimate of drug-likeness (QED) is 0.625. The van der Waals surface area contributed by atoms with Crippen LogP contribution in [0.15, 0.2) is 55.0 Å². The number of pyridine rings is 1. The fourth-order valence-electron chi connectivity index (χ4n) is 3.51. The van der Waals surface area contributed by atoms with E-state index >= 15 is 0 Å². The molecule has 0 unspecified atom stereocenters. The Bertz CT molecular complexity index is 945. The molecule has 0 spiro atoms. The first kappa shape index (κ1) is 20.4. The Morgan fingerprint density at radius 1 is 0.967 bits per heavy atom. The number of hydrogen-bond acceptors (Lipinski definition) is 6. The average molecular weight is 407 g/mol. The molecule has 0 radical (unpaired) electrons. The minimum Gasteiger partial charge on any atom is -0.369 e. The van der Waals surface area contributed by atoms with Crippen LogP contribution in [0.1, 0.15) is 28.5 Å². The summed E-state index contributed by atoms with van der Waals surface area (Å²) in [6.07, 6.45) is 6.33. The van der Waals surface area contributed by atoms with Crippen molar-refractivity contribution in [3.8, 4) is 0 Å². The molecule has 1 fully saturated rings. The molecule has 3 aromatic rings. The summed E-state index contributed by atoms with van der Waals surface area (Å²) in [5, 5.41) is 0. The van der Waals surface area contributed by atoms with E-state index < -0.39 is 0 Å². The Labute approximate surface area is 176 Å². The third kappa shape index (κ3) is 5.17. The summed E-state index contributed by atoms with van der Waals surface area (Å²) < 4.78 is 19.0. The largest absolute Gasteiger partial charge is 0.369 e. The number of anilines is 1. The van der Waals surface area contributed by atoms with Gasteiger partial charge in [0.15, 0.2) is 0 Å². The Balaban J connectivity index is 1.36. The molecular weight excluding hydrogens is 381 g/mol.